The summed E-state index contributed by atoms with van der Waals surface area (Å²) in [6.07, 6.45) is 0. The summed E-state index contributed by atoms with van der Waals surface area (Å²) < 4.78 is 39.0. The van der Waals surface area contributed by atoms with Crippen molar-refractivity contribution < 1.29 is 22.4 Å². The molecule has 0 aliphatic carbocycles. The van der Waals surface area contributed by atoms with Crippen LogP contribution in [-0.2, 0) is 0 Å². The van der Waals surface area contributed by atoms with Gasteiger partial charge in [-0.2, -0.15) is 0 Å². The Bertz CT molecular complexity index is 391. The van der Waals surface area contributed by atoms with Gasteiger partial charge in [-0.25, -0.2) is 0 Å². The van der Waals surface area contributed by atoms with Crippen molar-refractivity contribution in [3.63, 3.8) is 0 Å². The normalized spacial score (nSPS) is 10.1. The highest BCUT2D eigenvalue weighted by atomic mass is 35.5. The second kappa shape index (κ2) is 5.77. The Kier molecular flexibility index (Phi) is 5.34. The fraction of sp³-hybridized carbons (Fsp3) is 0. The lowest BCUT2D eigenvalue weighted by Crippen LogP contribution is -2.02. The van der Waals surface area contributed by atoms with E-state index in [9.17, 15) is 17.3 Å². The molecule has 16 heavy (non-hydrogen) atoms. The Morgan fingerprint density at radius 1 is 1.19 bits per heavy atom. The molecular weight excluding hydrogens is 274 g/mol. The molecule has 0 saturated carbocycles. The van der Waals surface area contributed by atoms with E-state index in [0.29, 0.717) is 5.02 Å². The van der Waals surface area contributed by atoms with E-state index >= 15 is 0 Å². The van der Waals surface area contributed by atoms with E-state index in [1.165, 1.54) is 12.1 Å². The van der Waals surface area contributed by atoms with E-state index in [1.807, 2.05) is 0 Å². The van der Waals surface area contributed by atoms with E-state index in [1.54, 1.807) is 0 Å². The number of rotatable bonds is 0. The third-order valence-corrected chi connectivity index (χ3v) is 1.61. The molecule has 3 nitrogen and oxygen atoms in total. The first-order valence-corrected chi connectivity index (χ1v) is 4.31. The van der Waals surface area contributed by atoms with Crippen molar-refractivity contribution in [3.8, 4) is 5.75 Å². The summed E-state index contributed by atoms with van der Waals surface area (Å²) in [5.41, 5.74) is -0.0731. The van der Waals surface area contributed by atoms with Crippen molar-refractivity contribution in [2.75, 3.05) is 0 Å². The molecular formula is C6H3BCl2F4N2O. The highest BCUT2D eigenvalue weighted by Gasteiger charge is 2.20. The zero-order valence-corrected chi connectivity index (χ0v) is 8.85. The first-order chi connectivity index (χ1) is 7.15. The Hall–Kier alpha value is -1.20. The molecule has 10 heteroatoms. The second-order valence-corrected chi connectivity index (χ2v) is 3.19. The van der Waals surface area contributed by atoms with Crippen molar-refractivity contribution in [2.24, 2.45) is 0 Å². The number of aromatic hydroxyl groups is 1. The standard InChI is InChI=1S/C6H2Cl2N2O.BF4/c7-3-1-4(8)6(10-9)5(11)2-3;2-1(3,4)5/h1-2H;/q;-1/p+1. The molecule has 0 bridgehead atoms. The van der Waals surface area contributed by atoms with Crippen LogP contribution in [0.1, 0.15) is 0 Å². The van der Waals surface area contributed by atoms with Crippen LogP contribution in [0.4, 0.5) is 23.0 Å². The summed E-state index contributed by atoms with van der Waals surface area (Å²) in [6.45, 7) is 0. The van der Waals surface area contributed by atoms with E-state index in [2.05, 4.69) is 4.98 Å². The van der Waals surface area contributed by atoms with Gasteiger partial charge in [0.15, 0.2) is 4.98 Å². The van der Waals surface area contributed by atoms with Crippen LogP contribution in [0.3, 0.4) is 0 Å². The topological polar surface area (TPSA) is 48.4 Å². The number of hydrogen-bond acceptors (Lipinski definition) is 2. The summed E-state index contributed by atoms with van der Waals surface area (Å²) in [4.78, 5) is 2.77. The third kappa shape index (κ3) is 6.32. The summed E-state index contributed by atoms with van der Waals surface area (Å²) >= 11 is 11.0. The number of phenols is 1. The largest absolute Gasteiger partial charge is 0.673 e. The van der Waals surface area contributed by atoms with Gasteiger partial charge in [0.1, 0.15) is 5.02 Å². The minimum absolute atomic E-state index is 0.0731. The van der Waals surface area contributed by atoms with Gasteiger partial charge in [-0.15, -0.1) is 0 Å². The number of diazo groups is 1. The van der Waals surface area contributed by atoms with E-state index < -0.39 is 7.25 Å². The van der Waals surface area contributed by atoms with E-state index in [-0.39, 0.29) is 16.5 Å². The molecule has 0 atom stereocenters. The number of hydrogen-bond donors (Lipinski definition) is 1. The molecule has 0 aliphatic rings. The SMILES string of the molecule is F[B-](F)(F)F.N#[N+]c1c(O)cc(Cl)cc1Cl. The van der Waals surface area contributed by atoms with Gasteiger partial charge in [-0.05, 0) is 6.07 Å². The predicted molar refractivity (Wildman–Crippen MR) is 53.1 cm³/mol. The average molecular weight is 277 g/mol. The van der Waals surface area contributed by atoms with Gasteiger partial charge in [0.2, 0.25) is 11.1 Å². The predicted octanol–water partition coefficient (Wildman–Crippen LogP) is 4.48. The van der Waals surface area contributed by atoms with Gasteiger partial charge in [-0.3, -0.25) is 0 Å². The molecule has 0 radical (unpaired) electrons. The van der Waals surface area contributed by atoms with Gasteiger partial charge in [0.25, 0.3) is 0 Å². The Morgan fingerprint density at radius 2 is 1.62 bits per heavy atom. The van der Waals surface area contributed by atoms with Crippen LogP contribution < -0.4 is 0 Å². The third-order valence-electron chi connectivity index (χ3n) is 1.11. The van der Waals surface area contributed by atoms with Gasteiger partial charge in [-0.1, -0.05) is 23.2 Å². The quantitative estimate of drug-likeness (QED) is 0.431. The molecule has 1 aromatic carbocycles. The van der Waals surface area contributed by atoms with Crippen molar-refractivity contribution >= 4 is 36.1 Å². The van der Waals surface area contributed by atoms with Gasteiger partial charge in [0.05, 0.1) is 0 Å². The van der Waals surface area contributed by atoms with Crippen LogP contribution in [0.15, 0.2) is 12.1 Å². The van der Waals surface area contributed by atoms with Crippen molar-refractivity contribution in [2.45, 2.75) is 0 Å². The van der Waals surface area contributed by atoms with Crippen molar-refractivity contribution in [3.05, 3.63) is 27.2 Å². The molecule has 88 valence electrons. The molecule has 1 N–H and O–H groups in total. The smallest absolute Gasteiger partial charge is 0.501 e. The molecule has 0 amide bonds. The molecule has 0 fully saturated rings. The molecule has 0 aromatic heterocycles. The van der Waals surface area contributed by atoms with Crippen LogP contribution in [0, 0.1) is 5.39 Å². The highest BCUT2D eigenvalue weighted by molar-refractivity contribution is 6.50. The molecule has 0 aliphatic heterocycles. The number of nitrogens with zero attached hydrogens (tertiary/aromatic N) is 2. The molecule has 0 unspecified atom stereocenters. The van der Waals surface area contributed by atoms with E-state index in [0.717, 1.165) is 0 Å². The van der Waals surface area contributed by atoms with E-state index in [4.69, 9.17) is 33.7 Å². The molecule has 1 aromatic rings. The molecule has 1 rings (SSSR count). The fourth-order valence-electron chi connectivity index (χ4n) is 0.651. The second-order valence-electron chi connectivity index (χ2n) is 2.35. The zero-order valence-electron chi connectivity index (χ0n) is 7.34. The van der Waals surface area contributed by atoms with Crippen LogP contribution >= 0.6 is 23.2 Å². The minimum Gasteiger partial charge on any atom is -0.501 e. The Balaban J connectivity index is 0.000000385. The summed E-state index contributed by atoms with van der Waals surface area (Å²) in [7, 11) is -6.00. The molecule has 0 spiro atoms. The molecule has 0 heterocycles. The zero-order chi connectivity index (χ0) is 12.9. The molecule has 0 saturated heterocycles. The lowest BCUT2D eigenvalue weighted by atomic mass is 10.3. The van der Waals surface area contributed by atoms with Crippen LogP contribution in [-0.4, -0.2) is 12.4 Å². The van der Waals surface area contributed by atoms with Crippen LogP contribution in [0.2, 0.25) is 10.0 Å². The van der Waals surface area contributed by atoms with Crippen molar-refractivity contribution in [1.82, 2.24) is 0 Å². The van der Waals surface area contributed by atoms with Crippen LogP contribution in [0.5, 0.6) is 5.75 Å². The Labute approximate surface area is 97.3 Å². The number of phenolic OH excluding ortho intramolecular Hbond substituents is 1. The lowest BCUT2D eigenvalue weighted by Gasteiger charge is -1.94. The van der Waals surface area contributed by atoms with Gasteiger partial charge in [0, 0.05) is 11.1 Å². The van der Waals surface area contributed by atoms with Gasteiger partial charge >= 0.3 is 12.9 Å². The Morgan fingerprint density at radius 3 is 1.94 bits per heavy atom. The van der Waals surface area contributed by atoms with Crippen molar-refractivity contribution in [1.29, 1.82) is 5.39 Å². The first-order valence-electron chi connectivity index (χ1n) is 3.55. The monoisotopic (exact) mass is 276 g/mol. The average Bonchev–Trinajstić information content (AvgIpc) is 1.99. The maximum Gasteiger partial charge on any atom is 0.673 e. The number of benzene rings is 1. The maximum atomic E-state index is 9.75. The summed E-state index contributed by atoms with van der Waals surface area (Å²) in [5, 5.41) is 17.8. The highest BCUT2D eigenvalue weighted by Crippen LogP contribution is 2.36. The fourth-order valence-corrected chi connectivity index (χ4v) is 1.17. The first kappa shape index (κ1) is 14.8. The van der Waals surface area contributed by atoms with Crippen LogP contribution in [0.25, 0.3) is 4.98 Å². The summed E-state index contributed by atoms with van der Waals surface area (Å²) in [5.74, 6) is -0.245. The number of halogens is 6. The van der Waals surface area contributed by atoms with Gasteiger partial charge < -0.3 is 22.4 Å². The lowest BCUT2D eigenvalue weighted by molar-refractivity contribution is 0.368. The maximum absolute atomic E-state index is 9.75. The minimum atomic E-state index is -6.00. The summed E-state index contributed by atoms with van der Waals surface area (Å²) in [6, 6.07) is 2.61.